The molecule has 2 rings (SSSR count). The van der Waals surface area contributed by atoms with Gasteiger partial charge < -0.3 is 39.4 Å². The van der Waals surface area contributed by atoms with Crippen LogP contribution in [0.15, 0.2) is 5.11 Å². The molecule has 0 spiro atoms. The Balaban J connectivity index is 1.78. The number of aliphatic hydroxyl groups excluding tert-OH is 4. The van der Waals surface area contributed by atoms with Gasteiger partial charge in [-0.1, -0.05) is 89.1 Å². The first-order valence-electron chi connectivity index (χ1n) is 14.6. The van der Waals surface area contributed by atoms with Crippen molar-refractivity contribution >= 4 is 0 Å². The summed E-state index contributed by atoms with van der Waals surface area (Å²) in [5, 5.41) is 43.5. The van der Waals surface area contributed by atoms with E-state index in [4.69, 9.17) is 24.5 Å². The summed E-state index contributed by atoms with van der Waals surface area (Å²) in [5.74, 6) is -0.848. The van der Waals surface area contributed by atoms with Crippen molar-refractivity contribution < 1.29 is 39.4 Å². The summed E-state index contributed by atoms with van der Waals surface area (Å²) in [5.41, 5.74) is 9.17. The largest absolute Gasteiger partial charge is 0.394 e. The van der Waals surface area contributed by atoms with Crippen LogP contribution in [0, 0.1) is 0 Å². The molecule has 0 radical (unpaired) electrons. The summed E-state index contributed by atoms with van der Waals surface area (Å²) in [7, 11) is 0. The van der Waals surface area contributed by atoms with Gasteiger partial charge in [0.2, 0.25) is 0 Å². The van der Waals surface area contributed by atoms with Crippen LogP contribution >= 0.6 is 0 Å². The fourth-order valence-corrected chi connectivity index (χ4v) is 5.26. The van der Waals surface area contributed by atoms with E-state index in [1.54, 1.807) is 0 Å². The van der Waals surface area contributed by atoms with Crippen LogP contribution in [0.4, 0.5) is 0 Å². The Labute approximate surface area is 227 Å². The van der Waals surface area contributed by atoms with E-state index in [1.807, 2.05) is 13.8 Å². The van der Waals surface area contributed by atoms with Crippen LogP contribution in [-0.4, -0.2) is 88.4 Å². The van der Waals surface area contributed by atoms with Gasteiger partial charge in [-0.15, -0.1) is 0 Å². The number of aliphatic hydroxyl groups is 4. The fraction of sp³-hybridized carbons (Fsp3) is 1.00. The van der Waals surface area contributed by atoms with E-state index in [0.717, 1.165) is 19.3 Å². The molecule has 4 N–H and O–H groups in total. The maximum atomic E-state index is 10.2. The first kappa shape index (κ1) is 33.2. The molecule has 0 bridgehead atoms. The summed E-state index contributed by atoms with van der Waals surface area (Å²) < 4.78 is 23.3. The zero-order valence-corrected chi connectivity index (χ0v) is 23.5. The van der Waals surface area contributed by atoms with Crippen LogP contribution in [0.25, 0.3) is 10.4 Å². The zero-order valence-electron chi connectivity index (χ0n) is 23.5. The second-order valence-electron chi connectivity index (χ2n) is 11.1. The number of ether oxygens (including phenoxy) is 4. The number of hydrogen-bond donors (Lipinski definition) is 4. The van der Waals surface area contributed by atoms with Gasteiger partial charge in [-0.2, -0.15) is 0 Å². The predicted octanol–water partition coefficient (Wildman–Crippen LogP) is 4.09. The Morgan fingerprint density at radius 3 is 1.97 bits per heavy atom. The smallest absolute Gasteiger partial charge is 0.186 e. The highest BCUT2D eigenvalue weighted by Gasteiger charge is 2.47. The SMILES string of the molecule is CCCCCCCCCCCCCC[C@@H]1OC(C)(C)O[C@H]1[C@H](COC1OC(CO)C(O)C(O)C1O)N=[N+]=[N-]. The fourth-order valence-electron chi connectivity index (χ4n) is 5.26. The third-order valence-electron chi connectivity index (χ3n) is 7.42. The lowest BCUT2D eigenvalue weighted by Crippen LogP contribution is -2.59. The molecule has 2 aliphatic rings. The van der Waals surface area contributed by atoms with Crippen molar-refractivity contribution in [1.82, 2.24) is 0 Å². The highest BCUT2D eigenvalue weighted by atomic mass is 16.8. The molecule has 0 aromatic rings. The lowest BCUT2D eigenvalue weighted by Gasteiger charge is -2.40. The highest BCUT2D eigenvalue weighted by molar-refractivity contribution is 4.92. The minimum atomic E-state index is -1.55. The number of azide groups is 1. The molecule has 2 aliphatic heterocycles. The van der Waals surface area contributed by atoms with Crippen molar-refractivity contribution in [2.75, 3.05) is 13.2 Å². The quantitative estimate of drug-likeness (QED) is 0.0815. The molecule has 38 heavy (non-hydrogen) atoms. The van der Waals surface area contributed by atoms with Crippen LogP contribution in [0.2, 0.25) is 0 Å². The Kier molecular flexibility index (Phi) is 15.4. The number of rotatable bonds is 19. The molecule has 5 unspecified atom stereocenters. The van der Waals surface area contributed by atoms with Gasteiger partial charge in [0.1, 0.15) is 24.4 Å². The van der Waals surface area contributed by atoms with E-state index < -0.39 is 55.2 Å². The molecule has 0 saturated carbocycles. The molecule has 2 heterocycles. The molecule has 0 aliphatic carbocycles. The van der Waals surface area contributed by atoms with Gasteiger partial charge in [-0.3, -0.25) is 0 Å². The normalized spacial score (nSPS) is 31.7. The van der Waals surface area contributed by atoms with Crippen molar-refractivity contribution in [3.63, 3.8) is 0 Å². The van der Waals surface area contributed by atoms with Crippen LogP contribution in [0.1, 0.15) is 104 Å². The number of nitrogens with zero attached hydrogens (tertiary/aromatic N) is 3. The monoisotopic (exact) mass is 545 g/mol. The van der Waals surface area contributed by atoms with Crippen molar-refractivity contribution in [1.29, 1.82) is 0 Å². The van der Waals surface area contributed by atoms with Crippen molar-refractivity contribution in [2.24, 2.45) is 5.11 Å². The summed E-state index contributed by atoms with van der Waals surface area (Å²) in [6.07, 6.45) is 8.06. The Hall–Kier alpha value is -1.01. The summed E-state index contributed by atoms with van der Waals surface area (Å²) in [6, 6.07) is -0.767. The maximum absolute atomic E-state index is 10.2. The van der Waals surface area contributed by atoms with E-state index in [-0.39, 0.29) is 12.7 Å². The maximum Gasteiger partial charge on any atom is 0.186 e. The second-order valence-corrected chi connectivity index (χ2v) is 11.1. The van der Waals surface area contributed by atoms with Crippen LogP contribution in [-0.2, 0) is 18.9 Å². The molecule has 2 fully saturated rings. The Morgan fingerprint density at radius 1 is 0.842 bits per heavy atom. The molecule has 11 heteroatoms. The molecule has 0 aromatic heterocycles. The minimum Gasteiger partial charge on any atom is -0.394 e. The summed E-state index contributed by atoms with van der Waals surface area (Å²) >= 11 is 0. The molecule has 222 valence electrons. The standard InChI is InChI=1S/C27H51N3O8/c1-4-5-6-7-8-9-10-11-12-13-14-15-16-20-25(38-27(2,3)37-20)19(29-30-28)18-35-26-24(34)23(33)22(32)21(17-31)36-26/h19-26,31-34H,4-18H2,1-3H3/t19-,20-,21?,22?,23?,24?,25-,26?/m0/s1. The van der Waals surface area contributed by atoms with E-state index in [9.17, 15) is 20.4 Å². The molecule has 0 aromatic carbocycles. The second kappa shape index (κ2) is 17.6. The van der Waals surface area contributed by atoms with E-state index in [2.05, 4.69) is 16.9 Å². The average Bonchev–Trinajstić information content (AvgIpc) is 3.20. The predicted molar refractivity (Wildman–Crippen MR) is 142 cm³/mol. The first-order valence-corrected chi connectivity index (χ1v) is 14.6. The van der Waals surface area contributed by atoms with Crippen LogP contribution in [0.3, 0.4) is 0 Å². The van der Waals surface area contributed by atoms with Gasteiger partial charge in [0.05, 0.1) is 31.5 Å². The molecule has 11 nitrogen and oxygen atoms in total. The lowest BCUT2D eigenvalue weighted by molar-refractivity contribution is -0.302. The van der Waals surface area contributed by atoms with E-state index in [1.165, 1.54) is 64.2 Å². The van der Waals surface area contributed by atoms with Crippen LogP contribution < -0.4 is 0 Å². The van der Waals surface area contributed by atoms with Gasteiger partial charge in [0.15, 0.2) is 12.1 Å². The van der Waals surface area contributed by atoms with Gasteiger partial charge >= 0.3 is 0 Å². The highest BCUT2D eigenvalue weighted by Crippen LogP contribution is 2.34. The van der Waals surface area contributed by atoms with Crippen LogP contribution in [0.5, 0.6) is 0 Å². The van der Waals surface area contributed by atoms with E-state index in [0.29, 0.717) is 0 Å². The summed E-state index contributed by atoms with van der Waals surface area (Å²) in [6.45, 7) is 5.15. The van der Waals surface area contributed by atoms with Crippen molar-refractivity contribution in [2.45, 2.75) is 159 Å². The minimum absolute atomic E-state index is 0.161. The van der Waals surface area contributed by atoms with Crippen molar-refractivity contribution in [3.05, 3.63) is 10.4 Å². The number of hydrogen-bond acceptors (Lipinski definition) is 9. The average molecular weight is 546 g/mol. The van der Waals surface area contributed by atoms with Gasteiger partial charge in [0, 0.05) is 4.91 Å². The third kappa shape index (κ3) is 10.9. The van der Waals surface area contributed by atoms with Gasteiger partial charge in [0.25, 0.3) is 0 Å². The van der Waals surface area contributed by atoms with Crippen molar-refractivity contribution in [3.8, 4) is 0 Å². The Bertz CT molecular complexity index is 691. The molecule has 8 atom stereocenters. The first-order chi connectivity index (χ1) is 18.2. The molecular weight excluding hydrogens is 494 g/mol. The molecule has 2 saturated heterocycles. The summed E-state index contributed by atoms with van der Waals surface area (Å²) in [4.78, 5) is 2.95. The molecule has 0 amide bonds. The third-order valence-corrected chi connectivity index (χ3v) is 7.42. The number of unbranched alkanes of at least 4 members (excludes halogenated alkanes) is 11. The van der Waals surface area contributed by atoms with E-state index >= 15 is 0 Å². The molecular formula is C27H51N3O8. The topological polar surface area (TPSA) is 167 Å². The zero-order chi connectivity index (χ0) is 28.0. The lowest BCUT2D eigenvalue weighted by atomic mass is 9.99. The van der Waals surface area contributed by atoms with Gasteiger partial charge in [-0.25, -0.2) is 0 Å². The Morgan fingerprint density at radius 2 is 1.42 bits per heavy atom. The van der Waals surface area contributed by atoms with Gasteiger partial charge in [-0.05, 0) is 25.8 Å².